The molecule has 568 valence electrons. The first-order chi connectivity index (χ1) is 47.3. The number of nitrogens with one attached hydrogen (secondary N) is 7. The standard InChI is InChI=1S/C68H102F8N12O13/c1-15-38(8)58(86(12)65(96)56(36(4)5)84-64(95)57(37(6)7)85(10)11)45(99-13)32-49(91)88-29-17-20-44(88)59(100-14)39(9)61(92)80-34-48(90)79-33-40-22-24-42(25-23-40)81-62(93)43(19-16-27-78-67(77)98)82-63(94)55(35(2)3)83-47(89)21-18-28-87-30-26-41(31-46(87)68(74,75)76)66(97)101-60-53(72)51(70)50(69)52(71)54(60)73/h22-25,35-39,41,43-46,55-59H,15-21,26-34H2,1-14H3,(H,79,90)(H,80,92)(H,81,93)(H,82,94)(H,83,89)(H,84,95)(H3,77,78,98)/t38-,39+,41?,43-,44-,45+,46?,55-,56-,57-,58-,59+/m0/s1. The number of urea groups is 1. The number of carbonyl (C=O) groups is 10. The molecule has 2 heterocycles. The summed E-state index contributed by atoms with van der Waals surface area (Å²) in [5.41, 5.74) is 6.05. The smallest absolute Gasteiger partial charge is 0.404 e. The minimum atomic E-state index is -4.99. The van der Waals surface area contributed by atoms with Gasteiger partial charge in [0.05, 0.1) is 55.1 Å². The van der Waals surface area contributed by atoms with Crippen LogP contribution in [0.3, 0.4) is 0 Å². The van der Waals surface area contributed by atoms with E-state index in [1.54, 1.807) is 49.8 Å². The van der Waals surface area contributed by atoms with Crippen LogP contribution in [0.4, 0.5) is 45.6 Å². The SMILES string of the molecule is CC[C@H](C)[C@@H]([C@@H](CC(=O)N1CCC[C@H]1[C@H](OC)[C@@H](C)C(=O)NCC(=O)NCc1ccc(NC(=O)[C@H](CCCNC(N)=O)NC(=O)[C@@H](NC(=O)CCCN2CCC(C(=O)Oc3c(F)c(F)c(F)c(F)c3F)CC2C(F)(F)F)C(C)C)cc1)OC)N(C)C(=O)[C@@H](NC(=O)[C@H](C(C)C)N(C)C)C(C)C. The molecule has 0 saturated carbocycles. The minimum Gasteiger partial charge on any atom is -0.420 e. The lowest BCUT2D eigenvalue weighted by atomic mass is 9.89. The molecule has 0 aromatic heterocycles. The number of hydrogen-bond donors (Lipinski definition) is 8. The van der Waals surface area contributed by atoms with Crippen molar-refractivity contribution in [2.24, 2.45) is 41.2 Å². The van der Waals surface area contributed by atoms with E-state index in [1.165, 1.54) is 26.4 Å². The number of alkyl halides is 3. The molecule has 10 amide bonds. The lowest BCUT2D eigenvalue weighted by molar-refractivity contribution is -0.197. The fourth-order valence-electron chi connectivity index (χ4n) is 12.9. The summed E-state index contributed by atoms with van der Waals surface area (Å²) in [7, 11) is 8.24. The van der Waals surface area contributed by atoms with Gasteiger partial charge < -0.3 is 67.0 Å². The van der Waals surface area contributed by atoms with Gasteiger partial charge in [0.25, 0.3) is 0 Å². The van der Waals surface area contributed by atoms with E-state index >= 15 is 0 Å². The van der Waals surface area contributed by atoms with Crippen molar-refractivity contribution in [1.82, 2.24) is 51.5 Å². The Hall–Kier alpha value is -7.78. The average Bonchev–Trinajstić information content (AvgIpc) is 1.05. The average molecular weight is 1450 g/mol. The second-order valence-corrected chi connectivity index (χ2v) is 27.2. The third kappa shape index (κ3) is 24.2. The number of esters is 1. The Labute approximate surface area is 584 Å². The molecule has 2 fully saturated rings. The molecule has 2 aromatic carbocycles. The first kappa shape index (κ1) is 85.6. The van der Waals surface area contributed by atoms with Crippen LogP contribution in [0.25, 0.3) is 0 Å². The maximum Gasteiger partial charge on any atom is 0.404 e. The van der Waals surface area contributed by atoms with E-state index in [4.69, 9.17) is 15.2 Å². The van der Waals surface area contributed by atoms with Gasteiger partial charge in [-0.2, -0.15) is 22.0 Å². The van der Waals surface area contributed by atoms with E-state index in [1.807, 2.05) is 60.5 Å². The molecule has 0 bridgehead atoms. The normalized spacial score (nSPS) is 18.5. The van der Waals surface area contributed by atoms with Gasteiger partial charge in [0.2, 0.25) is 82.1 Å². The van der Waals surface area contributed by atoms with Crippen molar-refractivity contribution in [3.8, 4) is 5.75 Å². The molecule has 101 heavy (non-hydrogen) atoms. The number of anilines is 1. The molecular weight excluding hydrogens is 1340 g/mol. The molecule has 2 aliphatic heterocycles. The third-order valence-electron chi connectivity index (χ3n) is 18.6. The highest BCUT2D eigenvalue weighted by Crippen LogP contribution is 2.37. The lowest BCUT2D eigenvalue weighted by Crippen LogP contribution is -2.59. The molecule has 2 aliphatic rings. The Morgan fingerprint density at radius 2 is 1.31 bits per heavy atom. The van der Waals surface area contributed by atoms with Crippen LogP contribution in [0.2, 0.25) is 0 Å². The third-order valence-corrected chi connectivity index (χ3v) is 18.6. The molecule has 9 N–H and O–H groups in total. The fourth-order valence-corrected chi connectivity index (χ4v) is 12.9. The van der Waals surface area contributed by atoms with Gasteiger partial charge in [-0.25, -0.2) is 18.0 Å². The highest BCUT2D eigenvalue weighted by atomic mass is 19.4. The molecule has 0 radical (unpaired) electrons. The maximum atomic E-state index is 14.4. The number of ether oxygens (including phenoxy) is 3. The summed E-state index contributed by atoms with van der Waals surface area (Å²) in [6, 6.07) is -1.89. The van der Waals surface area contributed by atoms with Crippen molar-refractivity contribution in [3.05, 3.63) is 58.9 Å². The number of nitrogens with zero attached hydrogens (tertiary/aromatic N) is 4. The molecule has 0 spiro atoms. The first-order valence-corrected chi connectivity index (χ1v) is 34.0. The predicted molar refractivity (Wildman–Crippen MR) is 356 cm³/mol. The Kier molecular flexibility index (Phi) is 33.6. The summed E-state index contributed by atoms with van der Waals surface area (Å²) >= 11 is 0. The zero-order chi connectivity index (χ0) is 76.1. The van der Waals surface area contributed by atoms with Gasteiger partial charge in [-0.3, -0.25) is 53.0 Å². The van der Waals surface area contributed by atoms with Crippen molar-refractivity contribution >= 4 is 64.9 Å². The van der Waals surface area contributed by atoms with Crippen LogP contribution in [-0.2, 0) is 59.2 Å². The van der Waals surface area contributed by atoms with Gasteiger partial charge in [0, 0.05) is 53.0 Å². The van der Waals surface area contributed by atoms with Gasteiger partial charge in [-0.1, -0.05) is 80.9 Å². The van der Waals surface area contributed by atoms with Crippen LogP contribution in [0.15, 0.2) is 24.3 Å². The highest BCUT2D eigenvalue weighted by Gasteiger charge is 2.49. The first-order valence-electron chi connectivity index (χ1n) is 34.0. The number of primary amides is 1. The number of halogens is 8. The van der Waals surface area contributed by atoms with Crippen molar-refractivity contribution in [3.63, 3.8) is 0 Å². The van der Waals surface area contributed by atoms with Gasteiger partial charge in [0.15, 0.2) is 0 Å². The zero-order valence-electron chi connectivity index (χ0n) is 60.0. The number of carbonyl (C=O) groups excluding carboxylic acids is 10. The second kappa shape index (κ2) is 39.6. The van der Waals surface area contributed by atoms with Crippen molar-refractivity contribution < 1.29 is 97.3 Å². The topological polar surface area (TPSA) is 322 Å². The van der Waals surface area contributed by atoms with Crippen LogP contribution in [-0.4, -0.2) is 208 Å². The van der Waals surface area contributed by atoms with Crippen molar-refractivity contribution in [2.75, 3.05) is 73.4 Å². The monoisotopic (exact) mass is 1450 g/mol. The molecule has 2 aromatic rings. The molecule has 2 saturated heterocycles. The number of rotatable bonds is 37. The van der Waals surface area contributed by atoms with E-state index in [-0.39, 0.29) is 92.9 Å². The Morgan fingerprint density at radius 1 is 0.693 bits per heavy atom. The lowest BCUT2D eigenvalue weighted by Gasteiger charge is -2.41. The Balaban J connectivity index is 1.32. The van der Waals surface area contributed by atoms with Gasteiger partial charge in [-0.15, -0.1) is 0 Å². The molecule has 12 atom stereocenters. The summed E-state index contributed by atoms with van der Waals surface area (Å²) in [5.74, 6) is -23.6. The van der Waals surface area contributed by atoms with Gasteiger partial charge in [0.1, 0.15) is 24.2 Å². The fraction of sp³-hybridized carbons (Fsp3) is 0.676. The van der Waals surface area contributed by atoms with Crippen molar-refractivity contribution in [2.45, 2.75) is 194 Å². The van der Waals surface area contributed by atoms with Crippen LogP contribution < -0.4 is 47.7 Å². The summed E-state index contributed by atoms with van der Waals surface area (Å²) in [4.78, 5) is 140. The number of benzene rings is 2. The largest absolute Gasteiger partial charge is 0.420 e. The molecule has 33 heteroatoms. The summed E-state index contributed by atoms with van der Waals surface area (Å²) in [6.45, 7) is 15.5. The minimum absolute atomic E-state index is 0.00339. The quantitative estimate of drug-likeness (QED) is 0.00989. The van der Waals surface area contributed by atoms with Gasteiger partial charge in [-0.05, 0) is 113 Å². The molecule has 4 rings (SSSR count). The Bertz CT molecular complexity index is 3130. The number of hydrogen-bond acceptors (Lipinski definition) is 15. The van der Waals surface area contributed by atoms with Crippen LogP contribution in [0.5, 0.6) is 5.75 Å². The predicted octanol–water partition coefficient (Wildman–Crippen LogP) is 5.80. The summed E-state index contributed by atoms with van der Waals surface area (Å²) in [6.07, 6.45) is -6.71. The van der Waals surface area contributed by atoms with E-state index in [2.05, 4.69) is 42.0 Å². The van der Waals surface area contributed by atoms with E-state index < -0.39 is 181 Å². The summed E-state index contributed by atoms with van der Waals surface area (Å²) in [5, 5.41) is 18.7. The van der Waals surface area contributed by atoms with Crippen LogP contribution >= 0.6 is 0 Å². The molecule has 25 nitrogen and oxygen atoms in total. The number of likely N-dealkylation sites (tertiary alicyclic amines) is 2. The van der Waals surface area contributed by atoms with E-state index in [9.17, 15) is 83.1 Å². The van der Waals surface area contributed by atoms with Crippen molar-refractivity contribution in [1.29, 1.82) is 0 Å². The number of amides is 10. The number of piperidine rings is 1. The number of likely N-dealkylation sites (N-methyl/N-ethyl adjacent to an activating group) is 2. The number of methoxy groups -OCH3 is 2. The molecular formula is C68H102F8N12O13. The molecule has 2 unspecified atom stereocenters. The highest BCUT2D eigenvalue weighted by molar-refractivity contribution is 5.98. The summed E-state index contributed by atoms with van der Waals surface area (Å²) < 4.78 is 129. The van der Waals surface area contributed by atoms with E-state index in [0.29, 0.717) is 31.4 Å². The maximum absolute atomic E-state index is 14.4. The zero-order valence-corrected chi connectivity index (χ0v) is 60.0. The molecule has 0 aliphatic carbocycles. The Morgan fingerprint density at radius 3 is 1.85 bits per heavy atom. The second-order valence-electron chi connectivity index (χ2n) is 27.2. The van der Waals surface area contributed by atoms with Gasteiger partial charge >= 0.3 is 18.2 Å². The van der Waals surface area contributed by atoms with Crippen LogP contribution in [0, 0.1) is 64.6 Å². The van der Waals surface area contributed by atoms with E-state index in [0.717, 1.165) is 4.90 Å². The number of nitrogens with two attached hydrogens (primary N) is 1. The van der Waals surface area contributed by atoms with Crippen LogP contribution in [0.1, 0.15) is 132 Å².